The van der Waals surface area contributed by atoms with E-state index < -0.39 is 0 Å². The molecule has 2 aliphatic rings. The fourth-order valence-electron chi connectivity index (χ4n) is 5.25. The van der Waals surface area contributed by atoms with Crippen LogP contribution in [0.3, 0.4) is 0 Å². The van der Waals surface area contributed by atoms with E-state index in [1.807, 2.05) is 48.8 Å². The zero-order valence-electron chi connectivity index (χ0n) is 20.9. The van der Waals surface area contributed by atoms with Crippen LogP contribution in [0.5, 0.6) is 0 Å². The molecule has 2 heterocycles. The maximum atomic E-state index is 12.5. The zero-order chi connectivity index (χ0) is 24.7. The minimum absolute atomic E-state index is 0.133. The molecule has 2 fully saturated rings. The summed E-state index contributed by atoms with van der Waals surface area (Å²) in [4.78, 5) is 19.4. The summed E-state index contributed by atoms with van der Waals surface area (Å²) >= 11 is 0. The van der Waals surface area contributed by atoms with Gasteiger partial charge in [-0.05, 0) is 106 Å². The van der Waals surface area contributed by atoms with Crippen LogP contribution in [0.2, 0.25) is 0 Å². The largest absolute Gasteiger partial charge is 0.397 e. The Bertz CT molecular complexity index is 1130. The first kappa shape index (κ1) is 24.5. The number of nitrogen functional groups attached to an aromatic ring is 1. The minimum atomic E-state index is -0.133. The Kier molecular flexibility index (Phi) is 7.94. The highest BCUT2D eigenvalue weighted by Crippen LogP contribution is 2.40. The lowest BCUT2D eigenvalue weighted by Crippen LogP contribution is -2.38. The third-order valence-corrected chi connectivity index (χ3v) is 7.64. The second-order valence-electron chi connectivity index (χ2n) is 10.3. The van der Waals surface area contributed by atoms with Gasteiger partial charge in [-0.1, -0.05) is 30.3 Å². The van der Waals surface area contributed by atoms with Gasteiger partial charge in [0.1, 0.15) is 0 Å². The summed E-state index contributed by atoms with van der Waals surface area (Å²) < 4.78 is 0. The topological polar surface area (TPSA) is 83.3 Å². The number of nitrogens with two attached hydrogens (primary N) is 1. The molecule has 1 aliphatic heterocycles. The molecule has 5 rings (SSSR count). The van der Waals surface area contributed by atoms with Gasteiger partial charge in [0.2, 0.25) is 0 Å². The number of hydrogen-bond acceptors (Lipinski definition) is 5. The van der Waals surface area contributed by atoms with Gasteiger partial charge in [-0.15, -0.1) is 0 Å². The predicted molar refractivity (Wildman–Crippen MR) is 146 cm³/mol. The second kappa shape index (κ2) is 11.7. The number of benzene rings is 2. The molecule has 3 aromatic rings. The Hall–Kier alpha value is -3.22. The molecular weight excluding hydrogens is 446 g/mol. The molecule has 0 spiro atoms. The smallest absolute Gasteiger partial charge is 0.255 e. The molecular formula is C30H37N5O. The van der Waals surface area contributed by atoms with Gasteiger partial charge in [-0.3, -0.25) is 9.78 Å². The van der Waals surface area contributed by atoms with E-state index in [-0.39, 0.29) is 5.91 Å². The van der Waals surface area contributed by atoms with Crippen LogP contribution in [-0.2, 0) is 6.42 Å². The van der Waals surface area contributed by atoms with Crippen molar-refractivity contribution in [3.63, 3.8) is 0 Å². The van der Waals surface area contributed by atoms with Crippen molar-refractivity contribution in [2.45, 2.75) is 44.1 Å². The van der Waals surface area contributed by atoms with Gasteiger partial charge < -0.3 is 21.3 Å². The standard InChI is InChI=1S/C30H37N5O/c31-27-7-1-2-8-28(27)34-30(36)24-11-9-22(10-12-24)5-4-16-35-17-13-23(14-18-35)20-33-29-19-26(29)25-6-3-15-32-21-25/h1-3,6-12,15,21,23,26,29,33H,4-5,13-14,16-20,31H2,(H,34,36). The number of para-hydroxylation sites is 2. The van der Waals surface area contributed by atoms with E-state index in [2.05, 4.69) is 38.7 Å². The van der Waals surface area contributed by atoms with Crippen molar-refractivity contribution < 1.29 is 4.79 Å². The molecule has 0 bridgehead atoms. The number of likely N-dealkylation sites (tertiary alicyclic amines) is 1. The van der Waals surface area contributed by atoms with Crippen molar-refractivity contribution in [2.24, 2.45) is 5.92 Å². The van der Waals surface area contributed by atoms with Crippen molar-refractivity contribution >= 4 is 17.3 Å². The number of rotatable bonds is 10. The first-order valence-electron chi connectivity index (χ1n) is 13.3. The lowest BCUT2D eigenvalue weighted by atomic mass is 9.96. The van der Waals surface area contributed by atoms with Crippen LogP contribution < -0.4 is 16.4 Å². The van der Waals surface area contributed by atoms with Crippen molar-refractivity contribution in [1.29, 1.82) is 0 Å². The van der Waals surface area contributed by atoms with E-state index in [4.69, 9.17) is 5.73 Å². The van der Waals surface area contributed by atoms with E-state index >= 15 is 0 Å². The van der Waals surface area contributed by atoms with Crippen molar-refractivity contribution in [2.75, 3.05) is 37.2 Å². The molecule has 2 unspecified atom stereocenters. The van der Waals surface area contributed by atoms with E-state index in [1.54, 1.807) is 6.07 Å². The van der Waals surface area contributed by atoms with Gasteiger partial charge in [0.05, 0.1) is 11.4 Å². The molecule has 188 valence electrons. The normalized spacial score (nSPS) is 20.2. The van der Waals surface area contributed by atoms with Crippen LogP contribution in [0.4, 0.5) is 11.4 Å². The van der Waals surface area contributed by atoms with Crippen LogP contribution in [0.1, 0.15) is 53.1 Å². The number of amides is 1. The van der Waals surface area contributed by atoms with Crippen molar-refractivity contribution in [3.8, 4) is 0 Å². The number of nitrogens with one attached hydrogen (secondary N) is 2. The highest BCUT2D eigenvalue weighted by molar-refractivity contribution is 6.05. The average Bonchev–Trinajstić information content (AvgIpc) is 3.70. The summed E-state index contributed by atoms with van der Waals surface area (Å²) in [7, 11) is 0. The molecule has 36 heavy (non-hydrogen) atoms. The van der Waals surface area contributed by atoms with E-state index in [0.29, 0.717) is 28.9 Å². The summed E-state index contributed by atoms with van der Waals surface area (Å²) in [5, 5.41) is 6.69. The van der Waals surface area contributed by atoms with Gasteiger partial charge in [0, 0.05) is 29.9 Å². The predicted octanol–water partition coefficient (Wildman–Crippen LogP) is 4.71. The number of carbonyl (C=O) groups is 1. The number of hydrogen-bond donors (Lipinski definition) is 3. The highest BCUT2D eigenvalue weighted by Gasteiger charge is 2.38. The maximum absolute atomic E-state index is 12.5. The molecule has 4 N–H and O–H groups in total. The third-order valence-electron chi connectivity index (χ3n) is 7.64. The van der Waals surface area contributed by atoms with Crippen LogP contribution in [0.25, 0.3) is 0 Å². The SMILES string of the molecule is Nc1ccccc1NC(=O)c1ccc(CCCN2CCC(CNC3CC3c3cccnc3)CC2)cc1. The fraction of sp³-hybridized carbons (Fsp3) is 0.400. The molecule has 2 atom stereocenters. The molecule has 0 radical (unpaired) electrons. The first-order valence-corrected chi connectivity index (χ1v) is 13.3. The van der Waals surface area contributed by atoms with Gasteiger partial charge in [0.15, 0.2) is 0 Å². The second-order valence-corrected chi connectivity index (χ2v) is 10.3. The molecule has 2 aromatic carbocycles. The van der Waals surface area contributed by atoms with Crippen molar-refractivity contribution in [3.05, 3.63) is 89.7 Å². The van der Waals surface area contributed by atoms with Crippen LogP contribution in [0, 0.1) is 5.92 Å². The summed E-state index contributed by atoms with van der Waals surface area (Å²) in [6.07, 6.45) is 9.86. The number of piperidine rings is 1. The molecule has 1 saturated carbocycles. The summed E-state index contributed by atoms with van der Waals surface area (Å²) in [6.45, 7) is 4.68. The monoisotopic (exact) mass is 483 g/mol. The van der Waals surface area contributed by atoms with Gasteiger partial charge in [-0.2, -0.15) is 0 Å². The summed E-state index contributed by atoms with van der Waals surface area (Å²) in [5.41, 5.74) is 10.4. The number of pyridine rings is 1. The highest BCUT2D eigenvalue weighted by atomic mass is 16.1. The zero-order valence-corrected chi connectivity index (χ0v) is 20.9. The van der Waals surface area contributed by atoms with Crippen LogP contribution >= 0.6 is 0 Å². The Morgan fingerprint density at radius 3 is 2.58 bits per heavy atom. The lowest BCUT2D eigenvalue weighted by Gasteiger charge is -2.32. The molecule has 1 aromatic heterocycles. The molecule has 1 amide bonds. The fourth-order valence-corrected chi connectivity index (χ4v) is 5.25. The quantitative estimate of drug-likeness (QED) is 0.364. The average molecular weight is 484 g/mol. The van der Waals surface area contributed by atoms with E-state index in [1.165, 1.54) is 43.5 Å². The lowest BCUT2D eigenvalue weighted by molar-refractivity contribution is 0.102. The number of aromatic nitrogens is 1. The van der Waals surface area contributed by atoms with E-state index in [9.17, 15) is 4.79 Å². The van der Waals surface area contributed by atoms with Gasteiger partial charge >= 0.3 is 0 Å². The molecule has 1 saturated heterocycles. The van der Waals surface area contributed by atoms with Gasteiger partial charge in [-0.25, -0.2) is 0 Å². The van der Waals surface area contributed by atoms with E-state index in [0.717, 1.165) is 31.8 Å². The Labute approximate surface area is 214 Å². The Morgan fingerprint density at radius 2 is 1.83 bits per heavy atom. The number of nitrogens with zero attached hydrogens (tertiary/aromatic N) is 2. The number of carbonyl (C=O) groups excluding carboxylic acids is 1. The third kappa shape index (κ3) is 6.50. The summed E-state index contributed by atoms with van der Waals surface area (Å²) in [6, 6.07) is 20.1. The molecule has 6 nitrogen and oxygen atoms in total. The van der Waals surface area contributed by atoms with Gasteiger partial charge in [0.25, 0.3) is 5.91 Å². The first-order chi connectivity index (χ1) is 17.7. The Morgan fingerprint density at radius 1 is 1.03 bits per heavy atom. The maximum Gasteiger partial charge on any atom is 0.255 e. The molecule has 1 aliphatic carbocycles. The number of aryl methyl sites for hydroxylation is 1. The number of anilines is 2. The van der Waals surface area contributed by atoms with Crippen LogP contribution in [0.15, 0.2) is 73.1 Å². The minimum Gasteiger partial charge on any atom is -0.397 e. The Balaban J connectivity index is 0.971. The van der Waals surface area contributed by atoms with Crippen LogP contribution in [-0.4, -0.2) is 48.0 Å². The van der Waals surface area contributed by atoms with Crippen molar-refractivity contribution in [1.82, 2.24) is 15.2 Å². The summed E-state index contributed by atoms with van der Waals surface area (Å²) in [5.74, 6) is 1.32. The molecule has 6 heteroatoms.